The van der Waals surface area contributed by atoms with Gasteiger partial charge in [-0.1, -0.05) is 20.8 Å². The van der Waals surface area contributed by atoms with Gasteiger partial charge in [-0.2, -0.15) is 0 Å². The summed E-state index contributed by atoms with van der Waals surface area (Å²) in [6, 6.07) is 6.21. The summed E-state index contributed by atoms with van der Waals surface area (Å²) >= 11 is 0. The lowest BCUT2D eigenvalue weighted by Gasteiger charge is -2.21. The minimum atomic E-state index is 0.140. The molecule has 0 aliphatic carbocycles. The molecule has 15 heavy (non-hydrogen) atoms. The standard InChI is InChI=1S/C13H16N2/c1-9-11(13(2,3)4)8-10-6-5-7-14-12(10)15-9/h5-8H,1-4H3. The predicted molar refractivity (Wildman–Crippen MR) is 63.0 cm³/mol. The van der Waals surface area contributed by atoms with E-state index in [1.807, 2.05) is 6.07 Å². The highest BCUT2D eigenvalue weighted by Gasteiger charge is 2.17. The summed E-state index contributed by atoms with van der Waals surface area (Å²) in [6.07, 6.45) is 1.78. The molecule has 0 aromatic carbocycles. The van der Waals surface area contributed by atoms with Crippen molar-refractivity contribution in [2.75, 3.05) is 0 Å². The van der Waals surface area contributed by atoms with Crippen LogP contribution < -0.4 is 0 Å². The largest absolute Gasteiger partial charge is 0.237 e. The molecule has 0 aliphatic heterocycles. The molecule has 2 rings (SSSR count). The highest BCUT2D eigenvalue weighted by molar-refractivity contribution is 5.75. The molecular formula is C13H16N2. The molecule has 2 nitrogen and oxygen atoms in total. The lowest BCUT2D eigenvalue weighted by molar-refractivity contribution is 0.583. The van der Waals surface area contributed by atoms with Gasteiger partial charge >= 0.3 is 0 Å². The van der Waals surface area contributed by atoms with Crippen molar-refractivity contribution in [3.8, 4) is 0 Å². The van der Waals surface area contributed by atoms with Crippen LogP contribution in [-0.4, -0.2) is 9.97 Å². The zero-order valence-corrected chi connectivity index (χ0v) is 9.70. The Kier molecular flexibility index (Phi) is 2.22. The summed E-state index contributed by atoms with van der Waals surface area (Å²) in [5, 5.41) is 1.12. The van der Waals surface area contributed by atoms with Crippen LogP contribution in [0.5, 0.6) is 0 Å². The predicted octanol–water partition coefficient (Wildman–Crippen LogP) is 3.24. The van der Waals surface area contributed by atoms with Crippen molar-refractivity contribution in [3.05, 3.63) is 35.7 Å². The Bertz CT molecular complexity index is 495. The average Bonchev–Trinajstić information content (AvgIpc) is 2.15. The van der Waals surface area contributed by atoms with Gasteiger partial charge in [-0.3, -0.25) is 0 Å². The van der Waals surface area contributed by atoms with Gasteiger partial charge in [0.2, 0.25) is 0 Å². The molecule has 2 aromatic heterocycles. The molecule has 0 unspecified atom stereocenters. The molecule has 0 amide bonds. The van der Waals surface area contributed by atoms with Gasteiger partial charge in [-0.05, 0) is 36.1 Å². The Hall–Kier alpha value is -1.44. The summed E-state index contributed by atoms with van der Waals surface area (Å²) < 4.78 is 0. The first-order valence-corrected chi connectivity index (χ1v) is 5.21. The molecule has 0 N–H and O–H groups in total. The molecule has 2 aromatic rings. The smallest absolute Gasteiger partial charge is 0.159 e. The number of nitrogens with zero attached hydrogens (tertiary/aromatic N) is 2. The third-order valence-electron chi connectivity index (χ3n) is 2.59. The van der Waals surface area contributed by atoms with E-state index in [-0.39, 0.29) is 5.41 Å². The van der Waals surface area contributed by atoms with E-state index < -0.39 is 0 Å². The van der Waals surface area contributed by atoms with E-state index in [0.717, 1.165) is 16.7 Å². The number of aryl methyl sites for hydroxylation is 1. The summed E-state index contributed by atoms with van der Waals surface area (Å²) in [7, 11) is 0. The normalized spacial score (nSPS) is 12.0. The Labute approximate surface area is 90.4 Å². The first-order chi connectivity index (χ1) is 6.98. The van der Waals surface area contributed by atoms with Gasteiger partial charge in [-0.15, -0.1) is 0 Å². The lowest BCUT2D eigenvalue weighted by Crippen LogP contribution is -2.14. The summed E-state index contributed by atoms with van der Waals surface area (Å²) in [4.78, 5) is 8.79. The molecular weight excluding hydrogens is 184 g/mol. The first kappa shape index (κ1) is 10.1. The Morgan fingerprint density at radius 3 is 2.60 bits per heavy atom. The van der Waals surface area contributed by atoms with Crippen molar-refractivity contribution in [2.45, 2.75) is 33.1 Å². The van der Waals surface area contributed by atoms with E-state index in [2.05, 4.69) is 49.8 Å². The minimum absolute atomic E-state index is 0.140. The maximum atomic E-state index is 4.53. The highest BCUT2D eigenvalue weighted by Crippen LogP contribution is 2.26. The Morgan fingerprint density at radius 1 is 1.20 bits per heavy atom. The maximum Gasteiger partial charge on any atom is 0.159 e. The monoisotopic (exact) mass is 200 g/mol. The Morgan fingerprint density at radius 2 is 1.93 bits per heavy atom. The fourth-order valence-electron chi connectivity index (χ4n) is 1.85. The number of fused-ring (bicyclic) bond motifs is 1. The molecule has 0 atom stereocenters. The first-order valence-electron chi connectivity index (χ1n) is 5.21. The van der Waals surface area contributed by atoms with Crippen LogP contribution in [0.3, 0.4) is 0 Å². The van der Waals surface area contributed by atoms with Crippen molar-refractivity contribution in [2.24, 2.45) is 0 Å². The maximum absolute atomic E-state index is 4.53. The molecule has 0 bridgehead atoms. The third kappa shape index (κ3) is 1.84. The number of pyridine rings is 2. The second-order valence-electron chi connectivity index (χ2n) is 4.92. The second-order valence-corrected chi connectivity index (χ2v) is 4.92. The van der Waals surface area contributed by atoms with Crippen molar-refractivity contribution in [1.29, 1.82) is 0 Å². The van der Waals surface area contributed by atoms with E-state index >= 15 is 0 Å². The van der Waals surface area contributed by atoms with Crippen LogP contribution in [0.2, 0.25) is 0 Å². The van der Waals surface area contributed by atoms with Crippen LogP contribution in [0, 0.1) is 6.92 Å². The molecule has 0 spiro atoms. The van der Waals surface area contributed by atoms with Gasteiger partial charge in [0, 0.05) is 17.3 Å². The van der Waals surface area contributed by atoms with Crippen molar-refractivity contribution in [1.82, 2.24) is 9.97 Å². The van der Waals surface area contributed by atoms with Crippen molar-refractivity contribution < 1.29 is 0 Å². The molecule has 0 fully saturated rings. The van der Waals surface area contributed by atoms with Crippen LogP contribution in [0.4, 0.5) is 0 Å². The van der Waals surface area contributed by atoms with Crippen LogP contribution in [0.15, 0.2) is 24.4 Å². The number of aromatic nitrogens is 2. The second kappa shape index (κ2) is 3.30. The van der Waals surface area contributed by atoms with Crippen LogP contribution in [0.1, 0.15) is 32.0 Å². The fourth-order valence-corrected chi connectivity index (χ4v) is 1.85. The summed E-state index contributed by atoms with van der Waals surface area (Å²) in [5.74, 6) is 0. The Balaban J connectivity index is 2.73. The van der Waals surface area contributed by atoms with Crippen molar-refractivity contribution in [3.63, 3.8) is 0 Å². The zero-order valence-electron chi connectivity index (χ0n) is 9.70. The molecule has 0 saturated heterocycles. The molecule has 0 aliphatic rings. The SMILES string of the molecule is Cc1nc2ncccc2cc1C(C)(C)C. The number of hydrogen-bond acceptors (Lipinski definition) is 2. The van der Waals surface area contributed by atoms with E-state index in [0.29, 0.717) is 0 Å². The molecule has 78 valence electrons. The highest BCUT2D eigenvalue weighted by atomic mass is 14.8. The van der Waals surface area contributed by atoms with Gasteiger partial charge in [0.25, 0.3) is 0 Å². The molecule has 2 heteroatoms. The molecule has 2 heterocycles. The van der Waals surface area contributed by atoms with E-state index in [1.54, 1.807) is 6.20 Å². The van der Waals surface area contributed by atoms with Gasteiger partial charge in [0.15, 0.2) is 5.65 Å². The topological polar surface area (TPSA) is 25.8 Å². The summed E-state index contributed by atoms with van der Waals surface area (Å²) in [6.45, 7) is 8.67. The number of rotatable bonds is 0. The minimum Gasteiger partial charge on any atom is -0.237 e. The zero-order chi connectivity index (χ0) is 11.1. The van der Waals surface area contributed by atoms with Crippen molar-refractivity contribution >= 4 is 11.0 Å². The lowest BCUT2D eigenvalue weighted by atomic mass is 9.85. The van der Waals surface area contributed by atoms with E-state index in [9.17, 15) is 0 Å². The van der Waals surface area contributed by atoms with Crippen LogP contribution >= 0.6 is 0 Å². The summed E-state index contributed by atoms with van der Waals surface area (Å²) in [5.41, 5.74) is 3.35. The van der Waals surface area contributed by atoms with Crippen LogP contribution in [-0.2, 0) is 5.41 Å². The van der Waals surface area contributed by atoms with Gasteiger partial charge in [0.1, 0.15) is 0 Å². The van der Waals surface area contributed by atoms with Gasteiger partial charge in [-0.25, -0.2) is 9.97 Å². The van der Waals surface area contributed by atoms with E-state index in [4.69, 9.17) is 0 Å². The molecule has 0 saturated carbocycles. The average molecular weight is 200 g/mol. The third-order valence-corrected chi connectivity index (χ3v) is 2.59. The van der Waals surface area contributed by atoms with Crippen LogP contribution in [0.25, 0.3) is 11.0 Å². The van der Waals surface area contributed by atoms with Gasteiger partial charge in [0.05, 0.1) is 0 Å². The van der Waals surface area contributed by atoms with E-state index in [1.165, 1.54) is 5.56 Å². The fraction of sp³-hybridized carbons (Fsp3) is 0.385. The van der Waals surface area contributed by atoms with Gasteiger partial charge < -0.3 is 0 Å². The quantitative estimate of drug-likeness (QED) is 0.652. The molecule has 0 radical (unpaired) electrons. The number of hydrogen-bond donors (Lipinski definition) is 0.